The molecule has 3 aromatic heterocycles. The summed E-state index contributed by atoms with van der Waals surface area (Å²) in [6, 6.07) is 9.90. The van der Waals surface area contributed by atoms with Gasteiger partial charge in [0.05, 0.1) is 7.11 Å². The van der Waals surface area contributed by atoms with E-state index in [4.69, 9.17) is 21.2 Å². The van der Waals surface area contributed by atoms with Crippen LogP contribution in [0.3, 0.4) is 0 Å². The molecule has 4 aromatic rings. The molecule has 0 bridgehead atoms. The topological polar surface area (TPSA) is 117 Å². The van der Waals surface area contributed by atoms with Crippen molar-refractivity contribution < 1.29 is 4.74 Å². The van der Waals surface area contributed by atoms with Crippen LogP contribution in [-0.2, 0) is 0 Å². The minimum atomic E-state index is 0.000349. The largest absolute Gasteiger partial charge is 0.494 e. The molecule has 3 heterocycles. The van der Waals surface area contributed by atoms with Gasteiger partial charge >= 0.3 is 0 Å². The van der Waals surface area contributed by atoms with Gasteiger partial charge in [-0.2, -0.15) is 4.52 Å². The fraction of sp³-hybridized carbons (Fsp3) is 0.333. The maximum Gasteiger partial charge on any atom is 0.223 e. The lowest BCUT2D eigenvalue weighted by molar-refractivity contribution is 0.332. The highest BCUT2D eigenvalue weighted by Gasteiger charge is 2.35. The molecule has 29 heavy (non-hydrogen) atoms. The van der Waals surface area contributed by atoms with E-state index in [1.165, 1.54) is 0 Å². The molecule has 1 fully saturated rings. The summed E-state index contributed by atoms with van der Waals surface area (Å²) in [5.41, 5.74) is 15.6. The lowest BCUT2D eigenvalue weighted by Gasteiger charge is -2.33. The second-order valence-corrected chi connectivity index (χ2v) is 7.70. The van der Waals surface area contributed by atoms with E-state index in [0.29, 0.717) is 28.8 Å². The Hall–Kier alpha value is -3.26. The lowest BCUT2D eigenvalue weighted by atomic mass is 9.72. The Bertz CT molecular complexity index is 1190. The van der Waals surface area contributed by atoms with Crippen molar-refractivity contribution in [3.63, 3.8) is 0 Å². The molecule has 0 spiro atoms. The smallest absolute Gasteiger partial charge is 0.223 e. The average molecular weight is 389 g/mol. The first kappa shape index (κ1) is 17.8. The van der Waals surface area contributed by atoms with Crippen LogP contribution in [0.2, 0.25) is 0 Å². The van der Waals surface area contributed by atoms with E-state index in [-0.39, 0.29) is 12.0 Å². The Labute approximate surface area is 167 Å². The molecule has 1 aromatic carbocycles. The van der Waals surface area contributed by atoms with Crippen LogP contribution in [0.1, 0.15) is 54.7 Å². The van der Waals surface area contributed by atoms with Gasteiger partial charge in [0.15, 0.2) is 11.5 Å². The summed E-state index contributed by atoms with van der Waals surface area (Å²) in [4.78, 5) is 13.9. The summed E-state index contributed by atoms with van der Waals surface area (Å²) in [5.74, 6) is 2.49. The SMILES string of the molecule is COc1cccc2c1nc(N)n1nc([C@H]3C[C@H](c4ccc(C(C)N)cn4)C3)nc21. The second-order valence-electron chi connectivity index (χ2n) is 7.70. The molecule has 1 aliphatic rings. The summed E-state index contributed by atoms with van der Waals surface area (Å²) >= 11 is 0. The fourth-order valence-electron chi connectivity index (χ4n) is 3.98. The van der Waals surface area contributed by atoms with Crippen LogP contribution in [0, 0.1) is 0 Å². The number of rotatable bonds is 4. The third-order valence-electron chi connectivity index (χ3n) is 5.78. The molecule has 1 atom stereocenters. The summed E-state index contributed by atoms with van der Waals surface area (Å²) in [6.07, 6.45) is 3.81. The van der Waals surface area contributed by atoms with Crippen LogP contribution < -0.4 is 16.2 Å². The molecular formula is C21H23N7O. The Morgan fingerprint density at radius 1 is 1.14 bits per heavy atom. The highest BCUT2D eigenvalue weighted by Crippen LogP contribution is 2.46. The van der Waals surface area contributed by atoms with Gasteiger partial charge < -0.3 is 16.2 Å². The number of fused-ring (bicyclic) bond motifs is 3. The summed E-state index contributed by atoms with van der Waals surface area (Å²) in [5, 5.41) is 5.52. The van der Waals surface area contributed by atoms with E-state index < -0.39 is 0 Å². The Morgan fingerprint density at radius 3 is 2.66 bits per heavy atom. The number of pyridine rings is 1. The maximum absolute atomic E-state index is 6.15. The minimum Gasteiger partial charge on any atom is -0.494 e. The van der Waals surface area contributed by atoms with E-state index in [1.54, 1.807) is 11.6 Å². The van der Waals surface area contributed by atoms with Crippen LogP contribution in [0.15, 0.2) is 36.5 Å². The summed E-state index contributed by atoms with van der Waals surface area (Å²) in [7, 11) is 1.62. The first-order valence-electron chi connectivity index (χ1n) is 9.75. The van der Waals surface area contributed by atoms with Gasteiger partial charge in [-0.1, -0.05) is 12.1 Å². The zero-order valence-electron chi connectivity index (χ0n) is 16.4. The van der Waals surface area contributed by atoms with Gasteiger partial charge in [-0.15, -0.1) is 5.10 Å². The third-order valence-corrected chi connectivity index (χ3v) is 5.78. The Morgan fingerprint density at radius 2 is 1.97 bits per heavy atom. The van der Waals surface area contributed by atoms with Crippen molar-refractivity contribution in [3.8, 4) is 5.75 Å². The normalized spacial score (nSPS) is 20.0. The van der Waals surface area contributed by atoms with E-state index in [2.05, 4.69) is 27.2 Å². The van der Waals surface area contributed by atoms with Crippen molar-refractivity contribution >= 4 is 22.5 Å². The molecule has 1 saturated carbocycles. The molecule has 0 aliphatic heterocycles. The lowest BCUT2D eigenvalue weighted by Crippen LogP contribution is -2.22. The first-order chi connectivity index (χ1) is 14.0. The molecule has 0 saturated heterocycles. The number of nitrogens with two attached hydrogens (primary N) is 2. The van der Waals surface area contributed by atoms with Crippen molar-refractivity contribution in [1.29, 1.82) is 0 Å². The monoisotopic (exact) mass is 389 g/mol. The molecule has 0 amide bonds. The quantitative estimate of drug-likeness (QED) is 0.551. The predicted molar refractivity (Wildman–Crippen MR) is 111 cm³/mol. The summed E-state index contributed by atoms with van der Waals surface area (Å²) in [6.45, 7) is 1.96. The van der Waals surface area contributed by atoms with Crippen molar-refractivity contribution in [2.24, 2.45) is 5.73 Å². The van der Waals surface area contributed by atoms with Gasteiger partial charge in [0.25, 0.3) is 0 Å². The number of methoxy groups -OCH3 is 1. The minimum absolute atomic E-state index is 0.000349. The van der Waals surface area contributed by atoms with Crippen molar-refractivity contribution in [1.82, 2.24) is 24.6 Å². The van der Waals surface area contributed by atoms with Crippen molar-refractivity contribution in [2.75, 3.05) is 12.8 Å². The van der Waals surface area contributed by atoms with Gasteiger partial charge in [0.2, 0.25) is 5.95 Å². The highest BCUT2D eigenvalue weighted by atomic mass is 16.5. The van der Waals surface area contributed by atoms with E-state index in [9.17, 15) is 0 Å². The third kappa shape index (κ3) is 2.87. The zero-order chi connectivity index (χ0) is 20.1. The molecule has 8 nitrogen and oxygen atoms in total. The van der Waals surface area contributed by atoms with Crippen LogP contribution >= 0.6 is 0 Å². The fourth-order valence-corrected chi connectivity index (χ4v) is 3.98. The zero-order valence-corrected chi connectivity index (χ0v) is 16.4. The summed E-state index contributed by atoms with van der Waals surface area (Å²) < 4.78 is 7.04. The number of hydrogen-bond donors (Lipinski definition) is 2. The number of anilines is 1. The molecular weight excluding hydrogens is 366 g/mol. The van der Waals surface area contributed by atoms with Gasteiger partial charge in [-0.3, -0.25) is 4.98 Å². The van der Waals surface area contributed by atoms with Gasteiger partial charge in [0, 0.05) is 35.2 Å². The van der Waals surface area contributed by atoms with E-state index in [0.717, 1.165) is 35.3 Å². The molecule has 1 aliphatic carbocycles. The van der Waals surface area contributed by atoms with E-state index in [1.807, 2.05) is 31.3 Å². The molecule has 148 valence electrons. The second kappa shape index (κ2) is 6.66. The number of aromatic nitrogens is 5. The molecule has 0 radical (unpaired) electrons. The molecule has 4 N–H and O–H groups in total. The number of ether oxygens (including phenoxy) is 1. The predicted octanol–water partition coefficient (Wildman–Crippen LogP) is 2.94. The van der Waals surface area contributed by atoms with Crippen LogP contribution in [0.25, 0.3) is 16.6 Å². The number of nitrogens with zero attached hydrogens (tertiary/aromatic N) is 5. The van der Waals surface area contributed by atoms with E-state index >= 15 is 0 Å². The van der Waals surface area contributed by atoms with Gasteiger partial charge in [0.1, 0.15) is 11.3 Å². The van der Waals surface area contributed by atoms with Crippen molar-refractivity contribution in [3.05, 3.63) is 53.6 Å². The standard InChI is InChI=1S/C21H23N7O/c1-11(22)12-6-7-16(24-10-12)13-8-14(9-13)19-26-20-15-4-3-5-17(29-2)18(15)25-21(23)28(20)27-19/h3-7,10-11,13-14H,8-9,22H2,1-2H3,(H2,23,25)/t11?,13-,14-. The van der Waals surface area contributed by atoms with Crippen LogP contribution in [-0.4, -0.2) is 31.7 Å². The molecule has 8 heteroatoms. The number of nitrogen functional groups attached to an aromatic ring is 1. The first-order valence-corrected chi connectivity index (χ1v) is 9.75. The van der Waals surface area contributed by atoms with Crippen LogP contribution in [0.5, 0.6) is 5.75 Å². The number of benzene rings is 1. The van der Waals surface area contributed by atoms with Crippen molar-refractivity contribution in [2.45, 2.75) is 37.6 Å². The number of para-hydroxylation sites is 1. The molecule has 1 unspecified atom stereocenters. The molecule has 5 rings (SSSR count). The highest BCUT2D eigenvalue weighted by molar-refractivity contribution is 5.95. The van der Waals surface area contributed by atoms with Gasteiger partial charge in [-0.05, 0) is 43.5 Å². The maximum atomic E-state index is 6.15. The van der Waals surface area contributed by atoms with Gasteiger partial charge in [-0.25, -0.2) is 9.97 Å². The Balaban J connectivity index is 1.43. The van der Waals surface area contributed by atoms with Crippen LogP contribution in [0.4, 0.5) is 5.95 Å². The number of hydrogen-bond acceptors (Lipinski definition) is 7. The average Bonchev–Trinajstić information content (AvgIpc) is 3.13. The Kier molecular flexibility index (Phi) is 4.09.